The minimum atomic E-state index is -0.300. The Morgan fingerprint density at radius 3 is 2.13 bits per heavy atom. The van der Waals surface area contributed by atoms with Crippen LogP contribution < -0.4 is 4.74 Å². The van der Waals surface area contributed by atoms with Crippen molar-refractivity contribution in [1.82, 2.24) is 0 Å². The number of ketones is 1. The summed E-state index contributed by atoms with van der Waals surface area (Å²) in [6.07, 6.45) is 3.36. The lowest BCUT2D eigenvalue weighted by molar-refractivity contribution is -0.132. The van der Waals surface area contributed by atoms with Gasteiger partial charge in [-0.15, -0.1) is 11.3 Å². The van der Waals surface area contributed by atoms with E-state index < -0.39 is 0 Å². The molecule has 2 aromatic rings. The molecular formula is C26H36O3S. The Bertz CT molecular complexity index is 911. The summed E-state index contributed by atoms with van der Waals surface area (Å²) in [7, 11) is 0. The van der Waals surface area contributed by atoms with Crippen LogP contribution in [0.25, 0.3) is 0 Å². The second-order valence-corrected chi connectivity index (χ2v) is 10.4. The van der Waals surface area contributed by atoms with Crippen molar-refractivity contribution in [3.8, 4) is 5.75 Å². The van der Waals surface area contributed by atoms with Gasteiger partial charge in [0.25, 0.3) is 0 Å². The molecular weight excluding hydrogens is 392 g/mol. The fourth-order valence-electron chi connectivity index (χ4n) is 3.97. The van der Waals surface area contributed by atoms with Crippen LogP contribution in [0.15, 0.2) is 24.3 Å². The first-order valence-electron chi connectivity index (χ1n) is 10.9. The average molecular weight is 429 g/mol. The number of hydrogen-bond acceptors (Lipinski definition) is 4. The van der Waals surface area contributed by atoms with Crippen LogP contribution in [0.3, 0.4) is 0 Å². The number of Topliss-reactive ketones (excluding diaryl/α,β-unsaturated/α-hetero) is 1. The fourth-order valence-corrected chi connectivity index (χ4v) is 5.50. The molecule has 0 bridgehead atoms. The Morgan fingerprint density at radius 2 is 1.63 bits per heavy atom. The van der Waals surface area contributed by atoms with Gasteiger partial charge in [-0.3, -0.25) is 9.59 Å². The summed E-state index contributed by atoms with van der Waals surface area (Å²) in [4.78, 5) is 26.4. The monoisotopic (exact) mass is 428 g/mol. The molecule has 1 aromatic carbocycles. The maximum absolute atomic E-state index is 12.4. The molecule has 4 heteroatoms. The predicted molar refractivity (Wildman–Crippen MR) is 126 cm³/mol. The van der Waals surface area contributed by atoms with Gasteiger partial charge in [-0.1, -0.05) is 46.8 Å². The maximum atomic E-state index is 12.4. The average Bonchev–Trinajstić information content (AvgIpc) is 3.03. The second-order valence-electron chi connectivity index (χ2n) is 9.25. The molecule has 1 heterocycles. The highest BCUT2D eigenvalue weighted by Crippen LogP contribution is 2.44. The van der Waals surface area contributed by atoms with Crippen molar-refractivity contribution in [2.45, 2.75) is 86.5 Å². The molecule has 0 aliphatic carbocycles. The highest BCUT2D eigenvalue weighted by atomic mass is 32.1. The van der Waals surface area contributed by atoms with Crippen molar-refractivity contribution in [3.63, 3.8) is 0 Å². The van der Waals surface area contributed by atoms with E-state index in [2.05, 4.69) is 39.0 Å². The van der Waals surface area contributed by atoms with Gasteiger partial charge >= 0.3 is 5.97 Å². The van der Waals surface area contributed by atoms with Crippen LogP contribution in [0, 0.1) is 19.3 Å². The van der Waals surface area contributed by atoms with E-state index in [1.54, 1.807) is 0 Å². The molecule has 0 spiro atoms. The van der Waals surface area contributed by atoms with E-state index in [4.69, 9.17) is 4.74 Å². The number of carbonyl (C=O) groups excluding carboxylic acids is 2. The standard InChI is InChI=1S/C26H36O3S/c1-9-26(10-2,20-11-12-21(17(3)15-20)29-19(5)27)24-16-18(4)22(30-24)13-14-23(28)25(6,7)8/h11-12,15-16H,9-10,13-14H2,1-8H3. The van der Waals surface area contributed by atoms with Gasteiger partial charge < -0.3 is 4.74 Å². The minimum Gasteiger partial charge on any atom is -0.426 e. The smallest absolute Gasteiger partial charge is 0.308 e. The number of esters is 1. The third-order valence-electron chi connectivity index (χ3n) is 6.10. The number of ether oxygens (including phenoxy) is 1. The Balaban J connectivity index is 2.39. The highest BCUT2D eigenvalue weighted by Gasteiger charge is 2.33. The predicted octanol–water partition coefficient (Wildman–Crippen LogP) is 6.94. The van der Waals surface area contributed by atoms with Gasteiger partial charge in [0.1, 0.15) is 11.5 Å². The number of benzene rings is 1. The number of rotatable bonds is 8. The van der Waals surface area contributed by atoms with Gasteiger partial charge in [0.05, 0.1) is 0 Å². The van der Waals surface area contributed by atoms with E-state index >= 15 is 0 Å². The molecule has 0 aliphatic heterocycles. The summed E-state index contributed by atoms with van der Waals surface area (Å²) in [6.45, 7) is 16.0. The van der Waals surface area contributed by atoms with Gasteiger partial charge in [0.2, 0.25) is 0 Å². The summed E-state index contributed by atoms with van der Waals surface area (Å²) in [5.41, 5.74) is 3.13. The lowest BCUT2D eigenvalue weighted by Crippen LogP contribution is -2.25. The first kappa shape index (κ1) is 24.3. The molecule has 0 saturated carbocycles. The first-order chi connectivity index (χ1) is 13.9. The normalized spacial score (nSPS) is 12.1. The quantitative estimate of drug-likeness (QED) is 0.338. The molecule has 0 unspecified atom stereocenters. The number of carbonyl (C=O) groups is 2. The van der Waals surface area contributed by atoms with Crippen molar-refractivity contribution >= 4 is 23.1 Å². The molecule has 0 saturated heterocycles. The van der Waals surface area contributed by atoms with Crippen molar-refractivity contribution in [2.24, 2.45) is 5.41 Å². The van der Waals surface area contributed by atoms with Crippen molar-refractivity contribution in [3.05, 3.63) is 50.7 Å². The zero-order valence-electron chi connectivity index (χ0n) is 19.8. The van der Waals surface area contributed by atoms with Crippen LogP contribution in [0.2, 0.25) is 0 Å². The van der Waals surface area contributed by atoms with Gasteiger partial charge in [-0.2, -0.15) is 0 Å². The van der Waals surface area contributed by atoms with Crippen molar-refractivity contribution < 1.29 is 14.3 Å². The Hall–Kier alpha value is -1.94. The van der Waals surface area contributed by atoms with Crippen LogP contribution in [-0.4, -0.2) is 11.8 Å². The lowest BCUT2D eigenvalue weighted by Gasteiger charge is -2.32. The van der Waals surface area contributed by atoms with Crippen molar-refractivity contribution in [2.75, 3.05) is 0 Å². The largest absolute Gasteiger partial charge is 0.426 e. The zero-order chi connectivity index (χ0) is 22.7. The minimum absolute atomic E-state index is 0.0821. The van der Waals surface area contributed by atoms with E-state index in [9.17, 15) is 9.59 Å². The van der Waals surface area contributed by atoms with Crippen LogP contribution in [0.5, 0.6) is 5.75 Å². The maximum Gasteiger partial charge on any atom is 0.308 e. The van der Waals surface area contributed by atoms with E-state index in [0.717, 1.165) is 24.8 Å². The van der Waals surface area contributed by atoms with E-state index in [-0.39, 0.29) is 16.8 Å². The Labute approximate surface area is 185 Å². The molecule has 3 nitrogen and oxygen atoms in total. The topological polar surface area (TPSA) is 43.4 Å². The van der Waals surface area contributed by atoms with E-state index in [1.165, 1.54) is 27.8 Å². The molecule has 0 atom stereocenters. The molecule has 2 rings (SSSR count). The first-order valence-corrected chi connectivity index (χ1v) is 11.7. The third-order valence-corrected chi connectivity index (χ3v) is 7.60. The van der Waals surface area contributed by atoms with E-state index in [1.807, 2.05) is 45.1 Å². The molecule has 1 aromatic heterocycles. The zero-order valence-corrected chi connectivity index (χ0v) is 20.6. The van der Waals surface area contributed by atoms with Gasteiger partial charge in [-0.05, 0) is 61.9 Å². The summed E-state index contributed by atoms with van der Waals surface area (Å²) in [6, 6.07) is 8.47. The molecule has 0 aliphatic rings. The molecule has 164 valence electrons. The summed E-state index contributed by atoms with van der Waals surface area (Å²) in [5.74, 6) is 0.633. The van der Waals surface area contributed by atoms with Gasteiger partial charge in [0.15, 0.2) is 0 Å². The summed E-state index contributed by atoms with van der Waals surface area (Å²) >= 11 is 1.85. The van der Waals surface area contributed by atoms with Gasteiger partial charge in [0, 0.05) is 33.9 Å². The molecule has 30 heavy (non-hydrogen) atoms. The third kappa shape index (κ3) is 5.21. The SMILES string of the molecule is CCC(CC)(c1ccc(OC(C)=O)c(C)c1)c1cc(C)c(CCC(=O)C(C)(C)C)s1. The van der Waals surface area contributed by atoms with Crippen LogP contribution in [0.1, 0.15) is 87.2 Å². The van der Waals surface area contributed by atoms with Crippen LogP contribution in [-0.2, 0) is 21.4 Å². The van der Waals surface area contributed by atoms with E-state index in [0.29, 0.717) is 18.0 Å². The summed E-state index contributed by atoms with van der Waals surface area (Å²) in [5, 5.41) is 0. The Kier molecular flexibility index (Phi) is 7.68. The summed E-state index contributed by atoms with van der Waals surface area (Å²) < 4.78 is 5.32. The number of aryl methyl sites for hydroxylation is 3. The molecule has 0 N–H and O–H groups in total. The second kappa shape index (κ2) is 9.47. The molecule has 0 fully saturated rings. The van der Waals surface area contributed by atoms with Crippen LogP contribution in [0.4, 0.5) is 0 Å². The van der Waals surface area contributed by atoms with Crippen LogP contribution >= 0.6 is 11.3 Å². The molecule has 0 radical (unpaired) electrons. The van der Waals surface area contributed by atoms with Gasteiger partial charge in [-0.25, -0.2) is 0 Å². The lowest BCUT2D eigenvalue weighted by atomic mass is 9.74. The fraction of sp³-hybridized carbons (Fsp3) is 0.538. The Morgan fingerprint density at radius 1 is 1.00 bits per heavy atom. The number of thiophene rings is 1. The van der Waals surface area contributed by atoms with Crippen molar-refractivity contribution in [1.29, 1.82) is 0 Å². The molecule has 0 amide bonds. The number of hydrogen-bond donors (Lipinski definition) is 0. The highest BCUT2D eigenvalue weighted by molar-refractivity contribution is 7.12.